The average Bonchev–Trinajstić information content (AvgIpc) is 2.76. The van der Waals surface area contributed by atoms with Crippen LogP contribution in [0, 0.1) is 0 Å². The SMILES string of the molecule is Cl.O=C(Cc1ccccn1)Nc1ccc(OCCNCC(O)c2ccccc2)cc1. The Balaban J connectivity index is 0.00000320. The van der Waals surface area contributed by atoms with Crippen molar-refractivity contribution < 1.29 is 14.6 Å². The second-order valence-corrected chi connectivity index (χ2v) is 6.55. The number of anilines is 1. The maximum atomic E-state index is 12.1. The third-order valence-electron chi connectivity index (χ3n) is 4.28. The molecule has 7 heteroatoms. The number of aliphatic hydroxyl groups is 1. The van der Waals surface area contributed by atoms with E-state index < -0.39 is 6.10 Å². The Labute approximate surface area is 182 Å². The summed E-state index contributed by atoms with van der Waals surface area (Å²) >= 11 is 0. The van der Waals surface area contributed by atoms with Crippen LogP contribution in [0.3, 0.4) is 0 Å². The normalized spacial score (nSPS) is 11.2. The van der Waals surface area contributed by atoms with Gasteiger partial charge in [0.05, 0.1) is 12.5 Å². The number of ether oxygens (including phenoxy) is 1. The first-order valence-electron chi connectivity index (χ1n) is 9.57. The molecule has 0 aliphatic heterocycles. The number of benzene rings is 2. The molecule has 1 atom stereocenters. The summed E-state index contributed by atoms with van der Waals surface area (Å²) in [6.45, 7) is 1.56. The van der Waals surface area contributed by atoms with Gasteiger partial charge in [0.1, 0.15) is 12.4 Å². The van der Waals surface area contributed by atoms with E-state index in [1.807, 2.05) is 60.7 Å². The van der Waals surface area contributed by atoms with Gasteiger partial charge in [0.15, 0.2) is 0 Å². The minimum Gasteiger partial charge on any atom is -0.492 e. The molecule has 6 nitrogen and oxygen atoms in total. The molecule has 0 fully saturated rings. The first-order valence-corrected chi connectivity index (χ1v) is 9.57. The van der Waals surface area contributed by atoms with Crippen LogP contribution >= 0.6 is 12.4 Å². The predicted molar refractivity (Wildman–Crippen MR) is 120 cm³/mol. The van der Waals surface area contributed by atoms with Crippen molar-refractivity contribution >= 4 is 24.0 Å². The molecule has 1 unspecified atom stereocenters. The quantitative estimate of drug-likeness (QED) is 0.432. The molecule has 3 rings (SSSR count). The van der Waals surface area contributed by atoms with Crippen LogP contribution in [0.15, 0.2) is 79.0 Å². The summed E-state index contributed by atoms with van der Waals surface area (Å²) in [7, 11) is 0. The van der Waals surface area contributed by atoms with Crippen LogP contribution < -0.4 is 15.4 Å². The van der Waals surface area contributed by atoms with E-state index in [1.165, 1.54) is 0 Å². The number of halogens is 1. The van der Waals surface area contributed by atoms with E-state index in [9.17, 15) is 9.90 Å². The van der Waals surface area contributed by atoms with Gasteiger partial charge in [0, 0.05) is 30.7 Å². The predicted octanol–water partition coefficient (Wildman–Crippen LogP) is 3.39. The lowest BCUT2D eigenvalue weighted by atomic mass is 10.1. The fraction of sp³-hybridized carbons (Fsp3) is 0.217. The van der Waals surface area contributed by atoms with E-state index in [1.54, 1.807) is 18.3 Å². The highest BCUT2D eigenvalue weighted by atomic mass is 35.5. The number of pyridine rings is 1. The second-order valence-electron chi connectivity index (χ2n) is 6.55. The molecule has 1 amide bonds. The van der Waals surface area contributed by atoms with Crippen LogP contribution in [-0.2, 0) is 11.2 Å². The molecule has 30 heavy (non-hydrogen) atoms. The van der Waals surface area contributed by atoms with Gasteiger partial charge in [-0.15, -0.1) is 12.4 Å². The van der Waals surface area contributed by atoms with E-state index in [0.717, 1.165) is 17.0 Å². The van der Waals surface area contributed by atoms with Crippen molar-refractivity contribution in [2.75, 3.05) is 25.0 Å². The molecule has 0 spiro atoms. The summed E-state index contributed by atoms with van der Waals surface area (Å²) in [4.78, 5) is 16.2. The van der Waals surface area contributed by atoms with Gasteiger partial charge in [-0.3, -0.25) is 9.78 Å². The van der Waals surface area contributed by atoms with Crippen LogP contribution in [0.1, 0.15) is 17.4 Å². The van der Waals surface area contributed by atoms with Gasteiger partial charge >= 0.3 is 0 Å². The van der Waals surface area contributed by atoms with E-state index in [0.29, 0.717) is 25.4 Å². The number of hydrogen-bond donors (Lipinski definition) is 3. The summed E-state index contributed by atoms with van der Waals surface area (Å²) in [6.07, 6.45) is 1.37. The molecule has 2 aromatic carbocycles. The summed E-state index contributed by atoms with van der Waals surface area (Å²) in [5, 5.41) is 16.1. The third-order valence-corrected chi connectivity index (χ3v) is 4.28. The van der Waals surface area contributed by atoms with Gasteiger partial charge in [0.25, 0.3) is 0 Å². The Morgan fingerprint density at radius 2 is 1.73 bits per heavy atom. The fourth-order valence-corrected chi connectivity index (χ4v) is 2.78. The zero-order chi connectivity index (χ0) is 20.3. The Bertz CT molecular complexity index is 877. The Morgan fingerprint density at radius 1 is 1.00 bits per heavy atom. The lowest BCUT2D eigenvalue weighted by Crippen LogP contribution is -2.26. The summed E-state index contributed by atoms with van der Waals surface area (Å²) in [6, 6.07) is 22.3. The van der Waals surface area contributed by atoms with Crippen LogP contribution in [0.25, 0.3) is 0 Å². The van der Waals surface area contributed by atoms with Crippen LogP contribution in [0.5, 0.6) is 5.75 Å². The van der Waals surface area contributed by atoms with Crippen LogP contribution in [-0.4, -0.2) is 35.7 Å². The largest absolute Gasteiger partial charge is 0.492 e. The Morgan fingerprint density at radius 3 is 2.43 bits per heavy atom. The zero-order valence-electron chi connectivity index (χ0n) is 16.5. The topological polar surface area (TPSA) is 83.5 Å². The van der Waals surface area contributed by atoms with Gasteiger partial charge in [-0.1, -0.05) is 36.4 Å². The van der Waals surface area contributed by atoms with Gasteiger partial charge in [0.2, 0.25) is 5.91 Å². The maximum absolute atomic E-state index is 12.1. The van der Waals surface area contributed by atoms with Gasteiger partial charge < -0.3 is 20.5 Å². The van der Waals surface area contributed by atoms with Crippen molar-refractivity contribution in [1.82, 2.24) is 10.3 Å². The van der Waals surface area contributed by atoms with E-state index in [4.69, 9.17) is 4.74 Å². The highest BCUT2D eigenvalue weighted by Crippen LogP contribution is 2.16. The number of hydrogen-bond acceptors (Lipinski definition) is 5. The van der Waals surface area contributed by atoms with Crippen molar-refractivity contribution in [2.24, 2.45) is 0 Å². The molecule has 0 bridgehead atoms. The van der Waals surface area contributed by atoms with Gasteiger partial charge in [-0.05, 0) is 42.0 Å². The van der Waals surface area contributed by atoms with Crippen LogP contribution in [0.2, 0.25) is 0 Å². The second kappa shape index (κ2) is 12.6. The molecule has 0 aliphatic rings. The Hall–Kier alpha value is -2.93. The van der Waals surface area contributed by atoms with Crippen molar-refractivity contribution in [2.45, 2.75) is 12.5 Å². The molecular weight excluding hydrogens is 402 g/mol. The lowest BCUT2D eigenvalue weighted by Gasteiger charge is -2.13. The van der Waals surface area contributed by atoms with Crippen molar-refractivity contribution in [3.8, 4) is 5.75 Å². The number of aromatic nitrogens is 1. The number of aliphatic hydroxyl groups excluding tert-OH is 1. The molecule has 1 aromatic heterocycles. The minimum atomic E-state index is -0.537. The highest BCUT2D eigenvalue weighted by Gasteiger charge is 2.06. The first-order chi connectivity index (χ1) is 14.2. The highest BCUT2D eigenvalue weighted by molar-refractivity contribution is 5.92. The molecule has 158 valence electrons. The molecular formula is C23H26ClN3O3. The molecule has 0 saturated carbocycles. The number of nitrogens with one attached hydrogen (secondary N) is 2. The molecule has 0 aliphatic carbocycles. The van der Waals surface area contributed by atoms with Gasteiger partial charge in [-0.25, -0.2) is 0 Å². The third kappa shape index (κ3) is 7.83. The Kier molecular flexibility index (Phi) is 9.80. The monoisotopic (exact) mass is 427 g/mol. The first kappa shape index (κ1) is 23.3. The standard InChI is InChI=1S/C23H25N3O3.ClH/c27-22(18-6-2-1-3-7-18)17-24-14-15-29-21-11-9-19(10-12-21)26-23(28)16-20-8-4-5-13-25-20;/h1-13,22,24,27H,14-17H2,(H,26,28);1H. The van der Waals surface area contributed by atoms with Crippen molar-refractivity contribution in [3.05, 3.63) is 90.3 Å². The van der Waals surface area contributed by atoms with E-state index in [2.05, 4.69) is 15.6 Å². The number of carbonyl (C=O) groups excluding carboxylic acids is 1. The maximum Gasteiger partial charge on any atom is 0.230 e. The van der Waals surface area contributed by atoms with Gasteiger partial charge in [-0.2, -0.15) is 0 Å². The lowest BCUT2D eigenvalue weighted by molar-refractivity contribution is -0.115. The number of amides is 1. The molecule has 3 N–H and O–H groups in total. The number of nitrogens with zero attached hydrogens (tertiary/aromatic N) is 1. The van der Waals surface area contributed by atoms with Crippen molar-refractivity contribution in [1.29, 1.82) is 0 Å². The minimum absolute atomic E-state index is 0. The summed E-state index contributed by atoms with van der Waals surface area (Å²) in [5.41, 5.74) is 2.33. The van der Waals surface area contributed by atoms with Crippen molar-refractivity contribution in [3.63, 3.8) is 0 Å². The summed E-state index contributed by atoms with van der Waals surface area (Å²) < 4.78 is 5.68. The number of carbonyl (C=O) groups is 1. The average molecular weight is 428 g/mol. The van der Waals surface area contributed by atoms with E-state index in [-0.39, 0.29) is 24.7 Å². The summed E-state index contributed by atoms with van der Waals surface area (Å²) in [5.74, 6) is 0.608. The van der Waals surface area contributed by atoms with Crippen LogP contribution in [0.4, 0.5) is 5.69 Å². The molecule has 0 radical (unpaired) electrons. The van der Waals surface area contributed by atoms with E-state index >= 15 is 0 Å². The molecule has 0 saturated heterocycles. The smallest absolute Gasteiger partial charge is 0.230 e. The molecule has 3 aromatic rings. The zero-order valence-corrected chi connectivity index (χ0v) is 17.3. The molecule has 1 heterocycles. The fourth-order valence-electron chi connectivity index (χ4n) is 2.78. The number of rotatable bonds is 10.